The van der Waals surface area contributed by atoms with E-state index in [9.17, 15) is 9.59 Å². The summed E-state index contributed by atoms with van der Waals surface area (Å²) in [6.45, 7) is 2.28. The molecule has 5 rings (SSSR count). The number of rotatable bonds is 4. The molecule has 6 heteroatoms. The van der Waals surface area contributed by atoms with E-state index in [-0.39, 0.29) is 23.8 Å². The molecule has 0 N–H and O–H groups in total. The number of ether oxygens (including phenoxy) is 1. The topological polar surface area (TPSA) is 62.7 Å². The first-order valence-corrected chi connectivity index (χ1v) is 9.74. The van der Waals surface area contributed by atoms with Crippen LogP contribution in [0.2, 0.25) is 0 Å². The Bertz CT molecular complexity index is 706. The van der Waals surface area contributed by atoms with E-state index in [0.717, 1.165) is 31.4 Å². The van der Waals surface area contributed by atoms with Gasteiger partial charge in [-0.15, -0.1) is 0 Å². The van der Waals surface area contributed by atoms with E-state index in [1.807, 2.05) is 15.9 Å². The van der Waals surface area contributed by atoms with Gasteiger partial charge in [-0.2, -0.15) is 0 Å². The maximum absolute atomic E-state index is 13.1. The van der Waals surface area contributed by atoms with Crippen molar-refractivity contribution in [2.45, 2.75) is 44.6 Å². The summed E-state index contributed by atoms with van der Waals surface area (Å²) in [4.78, 5) is 34.2. The molecule has 1 aromatic rings. The number of carbonyl (C=O) groups excluding carboxylic acids is 2. The van der Waals surface area contributed by atoms with Crippen LogP contribution < -0.4 is 0 Å². The Balaban J connectivity index is 1.53. The van der Waals surface area contributed by atoms with Crippen molar-refractivity contribution in [1.29, 1.82) is 0 Å². The first-order chi connectivity index (χ1) is 12.7. The Morgan fingerprint density at radius 1 is 1.27 bits per heavy atom. The van der Waals surface area contributed by atoms with Crippen LogP contribution in [-0.2, 0) is 22.4 Å². The summed E-state index contributed by atoms with van der Waals surface area (Å²) in [5.41, 5.74) is 3.03. The summed E-state index contributed by atoms with van der Waals surface area (Å²) in [5, 5.41) is 0. The molecule has 0 spiro atoms. The number of amides is 2. The molecule has 2 bridgehead atoms. The van der Waals surface area contributed by atoms with Gasteiger partial charge in [0, 0.05) is 44.7 Å². The highest BCUT2D eigenvalue weighted by Crippen LogP contribution is 2.30. The van der Waals surface area contributed by atoms with Crippen molar-refractivity contribution in [2.75, 3.05) is 33.4 Å². The Kier molecular flexibility index (Phi) is 4.94. The summed E-state index contributed by atoms with van der Waals surface area (Å²) in [7, 11) is 1.65. The van der Waals surface area contributed by atoms with Crippen LogP contribution in [0.3, 0.4) is 0 Å². The lowest BCUT2D eigenvalue weighted by molar-refractivity contribution is -0.140. The van der Waals surface area contributed by atoms with Crippen molar-refractivity contribution in [3.8, 4) is 0 Å². The number of nitrogens with zero attached hydrogens (tertiary/aromatic N) is 3. The van der Waals surface area contributed by atoms with Crippen molar-refractivity contribution >= 4 is 11.8 Å². The van der Waals surface area contributed by atoms with E-state index in [1.54, 1.807) is 13.3 Å². The van der Waals surface area contributed by atoms with E-state index >= 15 is 0 Å². The number of aryl methyl sites for hydroxylation is 2. The predicted molar refractivity (Wildman–Crippen MR) is 96.9 cm³/mol. The fourth-order valence-corrected chi connectivity index (χ4v) is 4.58. The lowest BCUT2D eigenvalue weighted by atomic mass is 9.94. The molecule has 4 heterocycles. The highest BCUT2D eigenvalue weighted by molar-refractivity contribution is 5.95. The Hall–Kier alpha value is -1.95. The van der Waals surface area contributed by atoms with Crippen LogP contribution in [0, 0.1) is 5.92 Å². The van der Waals surface area contributed by atoms with Gasteiger partial charge in [0.25, 0.3) is 5.91 Å². The van der Waals surface area contributed by atoms with Gasteiger partial charge in [-0.05, 0) is 50.2 Å². The van der Waals surface area contributed by atoms with E-state index < -0.39 is 0 Å². The first-order valence-electron chi connectivity index (χ1n) is 9.74. The standard InChI is InChI=1S/C20H27N3O3/c1-26-9-8-23-17-7-6-15(20(23)25)12-22(13-17)19(24)16-10-14-4-2-3-5-18(14)21-11-16/h10-11,15,17H,2-9,12-13H2,1H3/t15-,17+/m0/s1. The Labute approximate surface area is 154 Å². The summed E-state index contributed by atoms with van der Waals surface area (Å²) >= 11 is 0. The second kappa shape index (κ2) is 7.35. The largest absolute Gasteiger partial charge is 0.383 e. The van der Waals surface area contributed by atoms with Crippen molar-refractivity contribution in [3.63, 3.8) is 0 Å². The third-order valence-electron chi connectivity index (χ3n) is 6.03. The van der Waals surface area contributed by atoms with Gasteiger partial charge in [0.15, 0.2) is 0 Å². The van der Waals surface area contributed by atoms with Gasteiger partial charge in [0.05, 0.1) is 18.1 Å². The van der Waals surface area contributed by atoms with Crippen LogP contribution in [0.5, 0.6) is 0 Å². The molecule has 1 aromatic heterocycles. The van der Waals surface area contributed by atoms with Gasteiger partial charge in [-0.3, -0.25) is 14.6 Å². The molecular weight excluding hydrogens is 330 g/mol. The molecule has 3 saturated heterocycles. The van der Waals surface area contributed by atoms with Crippen molar-refractivity contribution in [3.05, 3.63) is 29.1 Å². The van der Waals surface area contributed by atoms with Gasteiger partial charge in [-0.25, -0.2) is 0 Å². The zero-order valence-corrected chi connectivity index (χ0v) is 15.4. The zero-order valence-electron chi connectivity index (χ0n) is 15.4. The quantitative estimate of drug-likeness (QED) is 0.822. The van der Waals surface area contributed by atoms with E-state index in [0.29, 0.717) is 31.8 Å². The molecule has 0 unspecified atom stereocenters. The number of carbonyl (C=O) groups is 2. The van der Waals surface area contributed by atoms with Crippen LogP contribution in [-0.4, -0.2) is 66.0 Å². The van der Waals surface area contributed by atoms with Gasteiger partial charge in [0.2, 0.25) is 5.91 Å². The average molecular weight is 357 g/mol. The summed E-state index contributed by atoms with van der Waals surface area (Å²) in [6, 6.07) is 2.13. The predicted octanol–water partition coefficient (Wildman–Crippen LogP) is 1.67. The fraction of sp³-hybridized carbons (Fsp3) is 0.650. The zero-order chi connectivity index (χ0) is 18.1. The second-order valence-corrected chi connectivity index (χ2v) is 7.70. The molecule has 0 aromatic carbocycles. The van der Waals surface area contributed by atoms with Crippen LogP contribution in [0.1, 0.15) is 47.3 Å². The van der Waals surface area contributed by atoms with E-state index in [1.165, 1.54) is 18.4 Å². The number of pyridine rings is 1. The molecule has 26 heavy (non-hydrogen) atoms. The van der Waals surface area contributed by atoms with Crippen LogP contribution in [0.4, 0.5) is 0 Å². The van der Waals surface area contributed by atoms with Crippen LogP contribution in [0.25, 0.3) is 0 Å². The molecule has 2 amide bonds. The number of hydrogen-bond donors (Lipinski definition) is 0. The van der Waals surface area contributed by atoms with Gasteiger partial charge in [0.1, 0.15) is 0 Å². The highest BCUT2D eigenvalue weighted by atomic mass is 16.5. The number of hydrogen-bond acceptors (Lipinski definition) is 4. The molecule has 2 atom stereocenters. The normalized spacial score (nSPS) is 25.2. The smallest absolute Gasteiger partial charge is 0.255 e. The molecule has 140 valence electrons. The van der Waals surface area contributed by atoms with Crippen molar-refractivity contribution in [2.24, 2.45) is 5.92 Å². The minimum absolute atomic E-state index is 0.0177. The minimum Gasteiger partial charge on any atom is -0.383 e. The molecule has 0 radical (unpaired) electrons. The molecular formula is C20H27N3O3. The third-order valence-corrected chi connectivity index (χ3v) is 6.03. The summed E-state index contributed by atoms with van der Waals surface area (Å²) in [5.74, 6) is 0.112. The monoisotopic (exact) mass is 357 g/mol. The summed E-state index contributed by atoms with van der Waals surface area (Å²) < 4.78 is 5.16. The third kappa shape index (κ3) is 3.22. The molecule has 1 aliphatic carbocycles. The van der Waals surface area contributed by atoms with Crippen LogP contribution >= 0.6 is 0 Å². The maximum atomic E-state index is 13.1. The van der Waals surface area contributed by atoms with Gasteiger partial charge < -0.3 is 14.5 Å². The Morgan fingerprint density at radius 3 is 2.96 bits per heavy atom. The first kappa shape index (κ1) is 17.5. The Morgan fingerprint density at radius 2 is 2.12 bits per heavy atom. The lowest BCUT2D eigenvalue weighted by Gasteiger charge is -2.35. The number of methoxy groups -OCH3 is 1. The number of fused-ring (bicyclic) bond motifs is 5. The van der Waals surface area contributed by atoms with Crippen LogP contribution in [0.15, 0.2) is 12.3 Å². The lowest BCUT2D eigenvalue weighted by Crippen LogP contribution is -2.49. The molecule has 3 aliphatic heterocycles. The van der Waals surface area contributed by atoms with E-state index in [4.69, 9.17) is 4.74 Å². The SMILES string of the molecule is COCCN1C(=O)[C@H]2CC[C@@H]1CN(C(=O)c1cnc3c(c1)CCCC3)C2. The molecule has 0 saturated carbocycles. The average Bonchev–Trinajstić information content (AvgIpc) is 2.97. The second-order valence-electron chi connectivity index (χ2n) is 7.70. The van der Waals surface area contributed by atoms with Crippen molar-refractivity contribution < 1.29 is 14.3 Å². The minimum atomic E-state index is -0.0832. The number of piperidine rings is 1. The van der Waals surface area contributed by atoms with Crippen molar-refractivity contribution in [1.82, 2.24) is 14.8 Å². The summed E-state index contributed by atoms with van der Waals surface area (Å²) in [6.07, 6.45) is 7.94. The maximum Gasteiger partial charge on any atom is 0.255 e. The molecule has 4 aliphatic rings. The van der Waals surface area contributed by atoms with Gasteiger partial charge >= 0.3 is 0 Å². The highest BCUT2D eigenvalue weighted by Gasteiger charge is 2.41. The van der Waals surface area contributed by atoms with E-state index in [2.05, 4.69) is 4.98 Å². The fourth-order valence-electron chi connectivity index (χ4n) is 4.58. The molecule has 3 fully saturated rings. The number of aromatic nitrogens is 1. The molecule has 6 nitrogen and oxygen atoms in total. The van der Waals surface area contributed by atoms with Gasteiger partial charge in [-0.1, -0.05) is 0 Å².